The Hall–Kier alpha value is -5.27. The number of aromatic nitrogens is 2. The first kappa shape index (κ1) is 38.0. The van der Waals surface area contributed by atoms with Crippen LogP contribution in [0.4, 0.5) is 0 Å². The van der Waals surface area contributed by atoms with Crippen LogP contribution in [0.2, 0.25) is 0 Å². The van der Waals surface area contributed by atoms with E-state index in [2.05, 4.69) is 60.4 Å². The molecule has 5 rings (SSSR count). The summed E-state index contributed by atoms with van der Waals surface area (Å²) in [6, 6.07) is 22.0. The van der Waals surface area contributed by atoms with Crippen molar-refractivity contribution in [3.63, 3.8) is 0 Å². The van der Waals surface area contributed by atoms with E-state index in [1.165, 1.54) is 0 Å². The Bertz CT molecular complexity index is 1880. The fourth-order valence-electron chi connectivity index (χ4n) is 6.93. The van der Waals surface area contributed by atoms with Gasteiger partial charge < -0.3 is 24.9 Å². The molecule has 10 heteroatoms. The summed E-state index contributed by atoms with van der Waals surface area (Å²) in [5, 5.41) is 25.2. The van der Waals surface area contributed by atoms with Gasteiger partial charge in [0.25, 0.3) is 5.91 Å². The summed E-state index contributed by atoms with van der Waals surface area (Å²) in [5.41, 5.74) is 7.67. The molecule has 1 heterocycles. The minimum absolute atomic E-state index is 0.0464. The van der Waals surface area contributed by atoms with Crippen LogP contribution < -0.4 is 10.6 Å². The molecule has 0 radical (unpaired) electrons. The van der Waals surface area contributed by atoms with Crippen molar-refractivity contribution in [3.8, 4) is 17.5 Å². The highest BCUT2D eigenvalue weighted by atomic mass is 16.4. The second-order valence-electron chi connectivity index (χ2n) is 14.4. The maximum atomic E-state index is 13.2. The average Bonchev–Trinajstić information content (AvgIpc) is 3.59. The number of hydrogen-bond acceptors (Lipinski definition) is 8. The fourth-order valence-corrected chi connectivity index (χ4v) is 6.93. The lowest BCUT2D eigenvalue weighted by Crippen LogP contribution is -2.42. The van der Waals surface area contributed by atoms with Crippen molar-refractivity contribution < 1.29 is 14.0 Å². The maximum absolute atomic E-state index is 13.2. The molecule has 4 aromatic rings. The van der Waals surface area contributed by atoms with Crippen LogP contribution in [-0.2, 0) is 23.1 Å². The normalized spacial score (nSPS) is 16.0. The van der Waals surface area contributed by atoms with E-state index < -0.39 is 11.5 Å². The molecule has 10 nitrogen and oxygen atoms in total. The number of nitriles is 1. The Morgan fingerprint density at radius 3 is 2.19 bits per heavy atom. The number of carbonyl (C=O) groups is 2. The molecule has 272 valence electrons. The number of benzene rings is 3. The highest BCUT2D eigenvalue weighted by Crippen LogP contribution is 2.48. The summed E-state index contributed by atoms with van der Waals surface area (Å²) < 4.78 is 6.68. The van der Waals surface area contributed by atoms with Crippen molar-refractivity contribution in [2.75, 3.05) is 41.3 Å². The first-order valence-electron chi connectivity index (χ1n) is 18.0. The van der Waals surface area contributed by atoms with Gasteiger partial charge in [-0.15, -0.1) is 10.2 Å². The summed E-state index contributed by atoms with van der Waals surface area (Å²) >= 11 is 0. The molecule has 3 atom stereocenters. The molecule has 1 aliphatic carbocycles. The van der Waals surface area contributed by atoms with Crippen LogP contribution in [0.3, 0.4) is 0 Å². The van der Waals surface area contributed by atoms with E-state index in [4.69, 9.17) is 9.52 Å². The zero-order chi connectivity index (χ0) is 37.6. The van der Waals surface area contributed by atoms with Gasteiger partial charge >= 0.3 is 0 Å². The number of hydrogen-bond donors (Lipinski definition) is 2. The number of fused-ring (bicyclic) bond motifs is 2. The molecule has 1 aromatic heterocycles. The molecule has 0 aliphatic heterocycles. The molecule has 0 bridgehead atoms. The van der Waals surface area contributed by atoms with Crippen LogP contribution in [0, 0.1) is 24.2 Å². The number of rotatable bonds is 14. The first-order chi connectivity index (χ1) is 24.9. The smallest absolute Gasteiger partial charge is 0.253 e. The van der Waals surface area contributed by atoms with Gasteiger partial charge in [0, 0.05) is 45.0 Å². The third-order valence-corrected chi connectivity index (χ3v) is 10.2. The van der Waals surface area contributed by atoms with Crippen molar-refractivity contribution in [3.05, 3.63) is 112 Å². The molecular formula is C42H51N7O3. The molecule has 3 aromatic carbocycles. The molecular weight excluding hydrogens is 651 g/mol. The van der Waals surface area contributed by atoms with Gasteiger partial charge in [-0.05, 0) is 103 Å². The molecule has 2 N–H and O–H groups in total. The standard InChI is InChI=1S/C42H51N7O3/c1-9-27(2)22-35(25-43)45-38(50)26-44-21-20-42(41-47-46-39(52-41)30-12-10-28(3)11-13-30)36-18-16-31(29(4)48(5)6)23-32(36)14-15-33-24-34(17-19-37(33)42)40(51)49(7)8/h10-13,16-19,23-24,27,35,44H,4,9,14-15,20-22,26H2,1-3,5-8H3,(H,45,50)/t27-,35?,42?/m0/s1. The summed E-state index contributed by atoms with van der Waals surface area (Å²) in [5.74, 6) is 0.869. The van der Waals surface area contributed by atoms with E-state index in [-0.39, 0.29) is 18.4 Å². The SMILES string of the molecule is C=C(c1ccc2c(c1)CCc1cc(C(=O)N(C)C)ccc1C2(CCNCC(=O)NC(C#N)C[C@@H](C)CC)c1nnc(-c2ccc(C)cc2)o1)N(C)C. The molecule has 0 fully saturated rings. The average molecular weight is 702 g/mol. The summed E-state index contributed by atoms with van der Waals surface area (Å²) in [6.45, 7) is 11.0. The lowest BCUT2D eigenvalue weighted by atomic mass is 9.69. The summed E-state index contributed by atoms with van der Waals surface area (Å²) in [4.78, 5) is 29.8. The van der Waals surface area contributed by atoms with Crippen molar-refractivity contribution in [1.82, 2.24) is 30.6 Å². The topological polar surface area (TPSA) is 127 Å². The predicted molar refractivity (Wildman–Crippen MR) is 204 cm³/mol. The van der Waals surface area contributed by atoms with Crippen LogP contribution in [0.15, 0.2) is 71.7 Å². The number of carbonyl (C=O) groups excluding carboxylic acids is 2. The Morgan fingerprint density at radius 2 is 1.60 bits per heavy atom. The van der Waals surface area contributed by atoms with Gasteiger partial charge in [-0.2, -0.15) is 5.26 Å². The third-order valence-electron chi connectivity index (χ3n) is 10.2. The number of amides is 2. The van der Waals surface area contributed by atoms with Gasteiger partial charge in [-0.25, -0.2) is 0 Å². The van der Waals surface area contributed by atoms with Gasteiger partial charge in [0.2, 0.25) is 17.7 Å². The number of nitrogens with one attached hydrogen (secondary N) is 2. The highest BCUT2D eigenvalue weighted by molar-refractivity contribution is 5.94. The Morgan fingerprint density at radius 1 is 0.962 bits per heavy atom. The van der Waals surface area contributed by atoms with Crippen molar-refractivity contribution in [2.24, 2.45) is 5.92 Å². The van der Waals surface area contributed by atoms with Gasteiger partial charge in [0.1, 0.15) is 11.5 Å². The van der Waals surface area contributed by atoms with Gasteiger partial charge in [-0.3, -0.25) is 9.59 Å². The molecule has 0 saturated heterocycles. The van der Waals surface area contributed by atoms with Crippen LogP contribution in [-0.4, -0.2) is 79.1 Å². The first-order valence-corrected chi connectivity index (χ1v) is 18.0. The molecule has 52 heavy (non-hydrogen) atoms. The fraction of sp³-hybridized carbons (Fsp3) is 0.405. The van der Waals surface area contributed by atoms with E-state index in [1.807, 2.05) is 68.4 Å². The predicted octanol–water partition coefficient (Wildman–Crippen LogP) is 6.14. The largest absolute Gasteiger partial charge is 0.419 e. The number of nitrogens with zero attached hydrogens (tertiary/aromatic N) is 5. The summed E-state index contributed by atoms with van der Waals surface area (Å²) in [7, 11) is 7.47. The van der Waals surface area contributed by atoms with Crippen LogP contribution in [0.5, 0.6) is 0 Å². The number of aryl methyl sites for hydroxylation is 3. The minimum atomic E-state index is -0.927. The Balaban J connectivity index is 1.61. The minimum Gasteiger partial charge on any atom is -0.419 e. The molecule has 2 unspecified atom stereocenters. The quantitative estimate of drug-likeness (QED) is 0.150. The second kappa shape index (κ2) is 16.4. The van der Waals surface area contributed by atoms with Gasteiger partial charge in [-0.1, -0.05) is 62.7 Å². The van der Waals surface area contributed by atoms with E-state index in [0.717, 1.165) is 57.5 Å². The zero-order valence-corrected chi connectivity index (χ0v) is 31.5. The van der Waals surface area contributed by atoms with E-state index >= 15 is 0 Å². The molecule has 0 saturated carbocycles. The Labute approximate surface area is 307 Å². The molecule has 0 spiro atoms. The highest BCUT2D eigenvalue weighted by Gasteiger charge is 2.45. The van der Waals surface area contributed by atoms with Crippen molar-refractivity contribution >= 4 is 17.5 Å². The third kappa shape index (κ3) is 8.11. The van der Waals surface area contributed by atoms with Gasteiger partial charge in [0.15, 0.2) is 0 Å². The zero-order valence-electron chi connectivity index (χ0n) is 31.5. The van der Waals surface area contributed by atoms with Crippen LogP contribution in [0.1, 0.15) is 82.7 Å². The van der Waals surface area contributed by atoms with E-state index in [9.17, 15) is 14.9 Å². The van der Waals surface area contributed by atoms with Crippen LogP contribution >= 0.6 is 0 Å². The van der Waals surface area contributed by atoms with Crippen LogP contribution in [0.25, 0.3) is 17.2 Å². The lowest BCUT2D eigenvalue weighted by Gasteiger charge is -2.34. The lowest BCUT2D eigenvalue weighted by molar-refractivity contribution is -0.120. The van der Waals surface area contributed by atoms with Crippen molar-refractivity contribution in [2.45, 2.75) is 64.3 Å². The Kier molecular flexibility index (Phi) is 12.0. The van der Waals surface area contributed by atoms with Crippen molar-refractivity contribution in [1.29, 1.82) is 5.26 Å². The summed E-state index contributed by atoms with van der Waals surface area (Å²) in [6.07, 6.45) is 3.43. The monoisotopic (exact) mass is 701 g/mol. The molecule has 1 aliphatic rings. The van der Waals surface area contributed by atoms with Gasteiger partial charge in [0.05, 0.1) is 12.6 Å². The van der Waals surface area contributed by atoms with E-state index in [0.29, 0.717) is 49.1 Å². The maximum Gasteiger partial charge on any atom is 0.253 e. The second-order valence-corrected chi connectivity index (χ2v) is 14.4. The van der Waals surface area contributed by atoms with E-state index in [1.54, 1.807) is 19.0 Å². The molecule has 2 amide bonds.